The minimum atomic E-state index is -4.55. The maximum absolute atomic E-state index is 15.3. The molecule has 0 aromatic heterocycles. The van der Waals surface area contributed by atoms with Crippen LogP contribution in [-0.2, 0) is 9.36 Å². The van der Waals surface area contributed by atoms with Crippen molar-refractivity contribution >= 4 is 46.7 Å². The fourth-order valence-corrected chi connectivity index (χ4v) is 9.79. The Morgan fingerprint density at radius 1 is 0.615 bits per heavy atom. The van der Waals surface area contributed by atoms with Crippen molar-refractivity contribution in [3.63, 3.8) is 0 Å². The van der Waals surface area contributed by atoms with Crippen LogP contribution in [0, 0.1) is 41.5 Å². The molecule has 0 bridgehead atoms. The summed E-state index contributed by atoms with van der Waals surface area (Å²) in [4.78, 5) is 68.6. The van der Waals surface area contributed by atoms with E-state index < -0.39 is 24.2 Å². The third-order valence-corrected chi connectivity index (χ3v) is 12.0. The predicted octanol–water partition coefficient (Wildman–Crippen LogP) is 8.39. The van der Waals surface area contributed by atoms with Crippen LogP contribution in [0.15, 0.2) is 91.0 Å². The van der Waals surface area contributed by atoms with Gasteiger partial charge in [0.1, 0.15) is 5.75 Å². The molecule has 52 heavy (non-hydrogen) atoms. The molecule has 0 radical (unpaired) electrons. The van der Waals surface area contributed by atoms with Gasteiger partial charge in [-0.15, -0.1) is 0 Å². The van der Waals surface area contributed by atoms with E-state index in [1.54, 1.807) is 70.2 Å². The van der Waals surface area contributed by atoms with Gasteiger partial charge in [-0.3, -0.25) is 24.0 Å². The highest BCUT2D eigenvalue weighted by atomic mass is 31.2. The van der Waals surface area contributed by atoms with Gasteiger partial charge in [0.2, 0.25) is 18.2 Å². The molecule has 6 rings (SSSR count). The Kier molecular flexibility index (Phi) is 9.80. The highest BCUT2D eigenvalue weighted by molar-refractivity contribution is 8.01. The van der Waals surface area contributed by atoms with Gasteiger partial charge in [0.25, 0.3) is 0 Å². The number of ether oxygens (including phenoxy) is 1. The van der Waals surface area contributed by atoms with Crippen LogP contribution in [0.5, 0.6) is 5.75 Å². The minimum absolute atomic E-state index is 0.0208. The number of nitrogens with one attached hydrogen (secondary N) is 1. The van der Waals surface area contributed by atoms with E-state index in [1.165, 1.54) is 24.3 Å². The fraction of sp³-hybridized carbons (Fsp3) is 0.186. The zero-order valence-electron chi connectivity index (χ0n) is 29.9. The van der Waals surface area contributed by atoms with Crippen LogP contribution < -0.4 is 15.4 Å². The third kappa shape index (κ3) is 6.46. The predicted molar refractivity (Wildman–Crippen MR) is 202 cm³/mol. The van der Waals surface area contributed by atoms with E-state index in [0.29, 0.717) is 39.1 Å². The summed E-state index contributed by atoms with van der Waals surface area (Å²) < 4.78 is 20.9. The monoisotopic (exact) mass is 711 g/mol. The first-order valence-electron chi connectivity index (χ1n) is 16.9. The van der Waals surface area contributed by atoms with E-state index in [1.807, 2.05) is 38.1 Å². The van der Waals surface area contributed by atoms with Crippen molar-refractivity contribution in [3.8, 4) is 5.75 Å². The maximum Gasteiger partial charge on any atom is 0.312 e. The van der Waals surface area contributed by atoms with Gasteiger partial charge in [0.05, 0.1) is 12.0 Å². The second-order valence-electron chi connectivity index (χ2n) is 13.3. The van der Waals surface area contributed by atoms with Crippen LogP contribution in [0.25, 0.3) is 0 Å². The summed E-state index contributed by atoms with van der Waals surface area (Å²) >= 11 is 0. The molecule has 1 N–H and O–H groups in total. The normalized spacial score (nSPS) is 12.2. The summed E-state index contributed by atoms with van der Waals surface area (Å²) in [6.07, 6.45) is -0.133. The van der Waals surface area contributed by atoms with Gasteiger partial charge in [-0.25, -0.2) is 0 Å². The molecular weight excluding hydrogens is 673 g/mol. The van der Waals surface area contributed by atoms with Crippen LogP contribution in [0.3, 0.4) is 0 Å². The van der Waals surface area contributed by atoms with E-state index in [4.69, 9.17) is 4.74 Å². The smallest absolute Gasteiger partial charge is 0.312 e. The van der Waals surface area contributed by atoms with Crippen molar-refractivity contribution in [2.24, 2.45) is 0 Å². The number of anilines is 1. The molecule has 0 amide bonds. The maximum atomic E-state index is 15.3. The Hall–Kier alpha value is -5.72. The number of aryl methyl sites for hydroxylation is 6. The quantitative estimate of drug-likeness (QED) is 0.0854. The topological polar surface area (TPSA) is 124 Å². The van der Waals surface area contributed by atoms with Crippen LogP contribution in [0.1, 0.15) is 92.4 Å². The molecule has 0 fully saturated rings. The molecule has 0 atom stereocenters. The molecule has 0 unspecified atom stereocenters. The number of carbonyl (C=O) groups is 5. The zero-order valence-corrected chi connectivity index (χ0v) is 30.8. The van der Waals surface area contributed by atoms with E-state index in [-0.39, 0.29) is 57.8 Å². The number of rotatable bonds is 10. The Labute approximate surface area is 302 Å². The highest BCUT2D eigenvalue weighted by Gasteiger charge is 2.45. The molecule has 1 aliphatic carbocycles. The van der Waals surface area contributed by atoms with Gasteiger partial charge in [0.15, 0.2) is 11.6 Å². The van der Waals surface area contributed by atoms with Gasteiger partial charge in [-0.2, -0.15) is 0 Å². The largest absolute Gasteiger partial charge is 0.426 e. The third-order valence-electron chi connectivity index (χ3n) is 9.36. The first-order valence-corrected chi connectivity index (χ1v) is 18.6. The zero-order chi connectivity index (χ0) is 37.5. The molecule has 0 saturated carbocycles. The van der Waals surface area contributed by atoms with Gasteiger partial charge in [-0.1, -0.05) is 83.9 Å². The number of hydrogen-bond donors (Lipinski definition) is 1. The second-order valence-corrected chi connectivity index (χ2v) is 15.9. The molecule has 262 valence electrons. The molecule has 1 aliphatic rings. The van der Waals surface area contributed by atoms with Gasteiger partial charge in [0, 0.05) is 45.4 Å². The van der Waals surface area contributed by atoms with E-state index >= 15 is 4.57 Å². The van der Waals surface area contributed by atoms with Gasteiger partial charge >= 0.3 is 5.97 Å². The molecule has 9 heteroatoms. The molecule has 0 spiro atoms. The molecule has 0 saturated heterocycles. The number of fused-ring (bicyclic) bond motifs is 2. The lowest BCUT2D eigenvalue weighted by Gasteiger charge is -2.22. The Morgan fingerprint density at radius 3 is 1.67 bits per heavy atom. The molecule has 5 aromatic carbocycles. The first-order chi connectivity index (χ1) is 24.7. The summed E-state index contributed by atoms with van der Waals surface area (Å²) in [5.74, 6) is -1.16. The first kappa shape index (κ1) is 36.1. The van der Waals surface area contributed by atoms with Crippen molar-refractivity contribution in [3.05, 3.63) is 158 Å². The van der Waals surface area contributed by atoms with Crippen LogP contribution in [0.4, 0.5) is 5.69 Å². The fourth-order valence-electron chi connectivity index (χ4n) is 7.19. The summed E-state index contributed by atoms with van der Waals surface area (Å²) in [5, 5.41) is 3.06. The van der Waals surface area contributed by atoms with E-state index in [0.717, 1.165) is 11.1 Å². The Balaban J connectivity index is 1.27. The average Bonchev–Trinajstić information content (AvgIpc) is 3.09. The van der Waals surface area contributed by atoms with Crippen molar-refractivity contribution in [2.75, 3.05) is 11.9 Å². The Morgan fingerprint density at radius 2 is 1.12 bits per heavy atom. The lowest BCUT2D eigenvalue weighted by molar-refractivity contribution is -0.134. The van der Waals surface area contributed by atoms with Crippen LogP contribution in [0.2, 0.25) is 0 Å². The Bertz CT molecular complexity index is 2290. The molecular formula is C43H38NO7P. The van der Waals surface area contributed by atoms with Gasteiger partial charge < -0.3 is 14.6 Å². The summed E-state index contributed by atoms with van der Waals surface area (Å²) in [6.45, 7) is 10.9. The van der Waals surface area contributed by atoms with Crippen molar-refractivity contribution < 1.29 is 33.3 Å². The summed E-state index contributed by atoms with van der Waals surface area (Å²) in [6, 6.07) is 24.7. The van der Waals surface area contributed by atoms with Crippen LogP contribution >= 0.6 is 7.14 Å². The van der Waals surface area contributed by atoms with E-state index in [2.05, 4.69) is 5.32 Å². The minimum Gasteiger partial charge on any atom is -0.426 e. The summed E-state index contributed by atoms with van der Waals surface area (Å²) in [7, 11) is -4.55. The number of esters is 1. The van der Waals surface area contributed by atoms with Crippen LogP contribution in [-0.4, -0.2) is 35.1 Å². The lowest BCUT2D eigenvalue weighted by atomic mass is 9.83. The summed E-state index contributed by atoms with van der Waals surface area (Å²) in [5.41, 5.74) is 4.82. The second kappa shape index (κ2) is 14.1. The highest BCUT2D eigenvalue weighted by Crippen LogP contribution is 2.53. The standard InChI is InChI=1S/C43H38NO7P/c1-24-19-26(3)37(27(4)20-24)42(48)52(50,43(49)38-28(5)21-25(2)22-29(38)6)31-12-9-11-30(23-31)51-36(45)17-18-44-35-16-10-15-34-39(35)41(47)33-14-8-7-13-32(33)40(34)46/h7-16,19-23,44H,17-18H2,1-6H3. The number of benzene rings is 5. The average molecular weight is 712 g/mol. The van der Waals surface area contributed by atoms with E-state index in [9.17, 15) is 24.0 Å². The van der Waals surface area contributed by atoms with Crippen molar-refractivity contribution in [1.82, 2.24) is 0 Å². The molecule has 0 heterocycles. The number of ketones is 2. The molecule has 8 nitrogen and oxygen atoms in total. The van der Waals surface area contributed by atoms with Gasteiger partial charge in [-0.05, 0) is 82.0 Å². The number of hydrogen-bond acceptors (Lipinski definition) is 8. The molecule has 0 aliphatic heterocycles. The SMILES string of the molecule is Cc1cc(C)c(C(=O)P(=O)(C(=O)c2c(C)cc(C)cc2C)c2cccc(OC(=O)CCNc3cccc4c3C(=O)c3ccccc3C4=O)c2)c(C)c1. The van der Waals surface area contributed by atoms with Crippen molar-refractivity contribution in [1.29, 1.82) is 0 Å². The van der Waals surface area contributed by atoms with Crippen molar-refractivity contribution in [2.45, 2.75) is 48.0 Å². The number of carbonyl (C=O) groups excluding carboxylic acids is 5. The lowest BCUT2D eigenvalue weighted by Crippen LogP contribution is -2.24. The molecule has 5 aromatic rings.